The van der Waals surface area contributed by atoms with E-state index in [1.807, 2.05) is 3.63 Å². The minimum atomic E-state index is -6.85. The zero-order valence-electron chi connectivity index (χ0n) is 17.2. The molecule has 0 aliphatic heterocycles. The van der Waals surface area contributed by atoms with Gasteiger partial charge < -0.3 is 4.18 Å². The average molecular weight is 642 g/mol. The minimum absolute atomic E-state index is 0.387. The molecule has 0 amide bonds. The van der Waals surface area contributed by atoms with E-state index in [2.05, 4.69) is 14.2 Å². The monoisotopic (exact) mass is 642 g/mol. The van der Waals surface area contributed by atoms with Crippen LogP contribution in [0.4, 0.5) is 52.7 Å². The molecule has 2 aromatic rings. The predicted octanol–water partition coefficient (Wildman–Crippen LogP) is 3.89. The van der Waals surface area contributed by atoms with Gasteiger partial charge in [-0.25, -0.2) is 4.98 Å². The molecule has 0 bridgehead atoms. The molecule has 1 heterocycles. The van der Waals surface area contributed by atoms with Crippen molar-refractivity contribution < 1.29 is 85.8 Å². The smallest absolute Gasteiger partial charge is 0.354 e. The van der Waals surface area contributed by atoms with Crippen molar-refractivity contribution in [2.75, 3.05) is 0 Å². The first kappa shape index (κ1) is 33.4. The number of rotatable bonds is 4. The number of nitrogens with zero attached hydrogens (tertiary/aromatic N) is 2. The van der Waals surface area contributed by atoms with Crippen molar-refractivity contribution in [1.29, 1.82) is 0 Å². The van der Waals surface area contributed by atoms with Crippen LogP contribution in [0.25, 0.3) is 10.9 Å². The van der Waals surface area contributed by atoms with Crippen LogP contribution in [0, 0.1) is 6.92 Å². The fraction of sp³-hybridized carbons (Fsp3) is 0.385. The van der Waals surface area contributed by atoms with Crippen molar-refractivity contribution in [2.24, 2.45) is 0 Å². The van der Waals surface area contributed by atoms with Crippen molar-refractivity contribution in [1.82, 2.24) is 9.97 Å². The summed E-state index contributed by atoms with van der Waals surface area (Å²) in [5.74, 6) is -1.52. The van der Waals surface area contributed by atoms with E-state index >= 15 is 0 Å². The third-order valence-electron chi connectivity index (χ3n) is 3.33. The number of benzene rings is 1. The van der Waals surface area contributed by atoms with Gasteiger partial charge in [-0.3, -0.25) is 0 Å². The van der Waals surface area contributed by atoms with Crippen LogP contribution in [0.2, 0.25) is 0 Å². The standard InChI is InChI=1S/C11H6F6N2O3S.C2F6O5S2/c1-5-18-8-6(3-2-4-7(8)10(12,13)14)9(19-5)22-23(20,21)11(15,16)17;3-1(4,5)14(9,10)13-15(11,12)2(6,7)8/h2-4H,1H3;. The molecule has 0 radical (unpaired) electrons. The van der Waals surface area contributed by atoms with Gasteiger partial charge in [0.05, 0.1) is 16.5 Å². The van der Waals surface area contributed by atoms with Crippen LogP contribution in [0.3, 0.4) is 0 Å². The summed E-state index contributed by atoms with van der Waals surface area (Å²) in [7, 11) is -19.8. The molecule has 0 atom stereocenters. The van der Waals surface area contributed by atoms with Crippen molar-refractivity contribution >= 4 is 41.3 Å². The second-order valence-corrected chi connectivity index (χ2v) is 11.0. The van der Waals surface area contributed by atoms with E-state index in [1.54, 1.807) is 0 Å². The molecule has 2 rings (SSSR count). The summed E-state index contributed by atoms with van der Waals surface area (Å²) >= 11 is 0. The van der Waals surface area contributed by atoms with Crippen molar-refractivity contribution in [3.05, 3.63) is 29.6 Å². The number of para-hydroxylation sites is 1. The van der Waals surface area contributed by atoms with Crippen LogP contribution in [-0.2, 0) is 40.2 Å². The first-order valence-electron chi connectivity index (χ1n) is 8.22. The minimum Gasteiger partial charge on any atom is -0.354 e. The molecule has 0 N–H and O–H groups in total. The van der Waals surface area contributed by atoms with E-state index < -0.39 is 75.4 Å². The van der Waals surface area contributed by atoms with Gasteiger partial charge in [-0.2, -0.15) is 82.9 Å². The van der Waals surface area contributed by atoms with Gasteiger partial charge in [0, 0.05) is 0 Å². The summed E-state index contributed by atoms with van der Waals surface area (Å²) in [5, 5.41) is -0.613. The molecular weight excluding hydrogens is 636 g/mol. The predicted molar refractivity (Wildman–Crippen MR) is 95.9 cm³/mol. The Balaban J connectivity index is 0.000000420. The molecule has 0 saturated heterocycles. The number of aromatic nitrogens is 2. The molecule has 218 valence electrons. The highest BCUT2D eigenvalue weighted by atomic mass is 32.3. The van der Waals surface area contributed by atoms with Crippen molar-refractivity contribution in [3.63, 3.8) is 0 Å². The molecule has 1 aromatic carbocycles. The van der Waals surface area contributed by atoms with Gasteiger partial charge in [-0.1, -0.05) is 6.07 Å². The number of alkyl halides is 12. The average Bonchev–Trinajstić information content (AvgIpc) is 2.63. The Labute approximate surface area is 202 Å². The fourth-order valence-corrected chi connectivity index (χ4v) is 3.86. The van der Waals surface area contributed by atoms with E-state index in [4.69, 9.17) is 0 Å². The van der Waals surface area contributed by atoms with Crippen LogP contribution in [0.15, 0.2) is 18.2 Å². The summed E-state index contributed by atoms with van der Waals surface area (Å²) in [6.45, 7) is 1.08. The third kappa shape index (κ3) is 7.68. The molecule has 25 heteroatoms. The zero-order valence-corrected chi connectivity index (χ0v) is 19.6. The van der Waals surface area contributed by atoms with Gasteiger partial charge in [0.15, 0.2) is 0 Å². The zero-order chi connectivity index (χ0) is 30.3. The van der Waals surface area contributed by atoms with E-state index in [-0.39, 0.29) is 5.82 Å². The van der Waals surface area contributed by atoms with Crippen LogP contribution >= 0.6 is 0 Å². The molecular formula is C13H6F12N2O8S3. The summed E-state index contributed by atoms with van der Waals surface area (Å²) in [4.78, 5) is 6.85. The summed E-state index contributed by atoms with van der Waals surface area (Å²) in [6.07, 6.45) is -4.85. The topological polar surface area (TPSA) is 147 Å². The summed E-state index contributed by atoms with van der Waals surface area (Å²) < 4.78 is 212. The van der Waals surface area contributed by atoms with E-state index in [0.717, 1.165) is 19.1 Å². The highest BCUT2D eigenvalue weighted by Crippen LogP contribution is 2.37. The Morgan fingerprint density at radius 2 is 1.08 bits per heavy atom. The van der Waals surface area contributed by atoms with Gasteiger partial charge in [0.25, 0.3) is 0 Å². The summed E-state index contributed by atoms with van der Waals surface area (Å²) in [5.41, 5.74) is -20.3. The number of fused-ring (bicyclic) bond motifs is 1. The molecule has 1 aromatic heterocycles. The van der Waals surface area contributed by atoms with Gasteiger partial charge in [0.2, 0.25) is 5.88 Å². The Morgan fingerprint density at radius 1 is 0.658 bits per heavy atom. The number of hydrogen-bond donors (Lipinski definition) is 0. The maximum absolute atomic E-state index is 12.9. The van der Waals surface area contributed by atoms with Gasteiger partial charge in [-0.15, -0.1) is 3.63 Å². The number of hydrogen-bond acceptors (Lipinski definition) is 10. The van der Waals surface area contributed by atoms with Gasteiger partial charge in [-0.05, 0) is 19.1 Å². The largest absolute Gasteiger partial charge is 0.534 e. The normalized spacial score (nSPS) is 14.1. The fourth-order valence-electron chi connectivity index (χ4n) is 1.87. The third-order valence-corrected chi connectivity index (χ3v) is 6.84. The van der Waals surface area contributed by atoms with Gasteiger partial charge in [0.1, 0.15) is 5.82 Å². The van der Waals surface area contributed by atoms with Crippen LogP contribution in [0.1, 0.15) is 11.4 Å². The lowest BCUT2D eigenvalue weighted by molar-refractivity contribution is -0.136. The second-order valence-electron chi connectivity index (χ2n) is 6.13. The van der Waals surface area contributed by atoms with Crippen LogP contribution < -0.4 is 4.18 Å². The number of halogens is 12. The quantitative estimate of drug-likeness (QED) is 0.274. The van der Waals surface area contributed by atoms with E-state index in [1.165, 1.54) is 0 Å². The Hall–Kier alpha value is -2.67. The van der Waals surface area contributed by atoms with Gasteiger partial charge >= 0.3 is 53.1 Å². The molecule has 0 aliphatic carbocycles. The highest BCUT2D eigenvalue weighted by Gasteiger charge is 2.57. The Morgan fingerprint density at radius 3 is 1.45 bits per heavy atom. The van der Waals surface area contributed by atoms with Crippen LogP contribution in [-0.4, -0.2) is 51.7 Å². The number of aryl methyl sites for hydroxylation is 1. The molecule has 0 saturated carbocycles. The highest BCUT2D eigenvalue weighted by molar-refractivity contribution is 8.00. The lowest BCUT2D eigenvalue weighted by Crippen LogP contribution is -2.34. The van der Waals surface area contributed by atoms with Crippen molar-refractivity contribution in [2.45, 2.75) is 29.6 Å². The molecule has 0 aliphatic rings. The SMILES string of the molecule is Cc1nc(OS(=O)(=O)C(F)(F)F)c2cccc(C(F)(F)F)c2n1.O=S(=O)(OS(=O)(=O)C(F)(F)F)C(F)(F)F. The first-order valence-corrected chi connectivity index (χ1v) is 12.4. The lowest BCUT2D eigenvalue weighted by atomic mass is 10.1. The second kappa shape index (κ2) is 10.1. The maximum Gasteiger partial charge on any atom is 0.534 e. The van der Waals surface area contributed by atoms with Crippen molar-refractivity contribution in [3.8, 4) is 5.88 Å². The molecule has 0 spiro atoms. The van der Waals surface area contributed by atoms with E-state index in [9.17, 15) is 77.9 Å². The summed E-state index contributed by atoms with van der Waals surface area (Å²) in [6, 6.07) is 2.44. The molecule has 0 fully saturated rings. The molecule has 38 heavy (non-hydrogen) atoms. The van der Waals surface area contributed by atoms with Crippen LogP contribution in [0.5, 0.6) is 5.88 Å². The first-order chi connectivity index (χ1) is 16.5. The molecule has 10 nitrogen and oxygen atoms in total. The van der Waals surface area contributed by atoms with E-state index in [0.29, 0.717) is 6.07 Å². The maximum atomic E-state index is 12.9. The molecule has 0 unspecified atom stereocenters. The lowest BCUT2D eigenvalue weighted by Gasteiger charge is -2.13. The Kier molecular flexibility index (Phi) is 8.90. The Bertz CT molecular complexity index is 1470.